The first-order valence-electron chi connectivity index (χ1n) is 6.40. The maximum Gasteiger partial charge on any atom is 0.104 e. The van der Waals surface area contributed by atoms with E-state index in [0.29, 0.717) is 5.92 Å². The van der Waals surface area contributed by atoms with Crippen molar-refractivity contribution in [2.75, 3.05) is 19.6 Å². The monoisotopic (exact) mass is 225 g/mol. The fraction of sp³-hybridized carbons (Fsp3) is 0.923. The molecule has 0 aliphatic carbocycles. The van der Waals surface area contributed by atoms with E-state index in [2.05, 4.69) is 31.7 Å². The lowest BCUT2D eigenvalue weighted by Crippen LogP contribution is -2.38. The lowest BCUT2D eigenvalue weighted by Gasteiger charge is -2.25. The zero-order valence-corrected chi connectivity index (χ0v) is 11.3. The van der Waals surface area contributed by atoms with Crippen LogP contribution in [-0.4, -0.2) is 30.1 Å². The molecule has 0 bridgehead atoms. The molecule has 0 aromatic carbocycles. The highest BCUT2D eigenvalue weighted by Crippen LogP contribution is 2.13. The van der Waals surface area contributed by atoms with Crippen LogP contribution in [0.4, 0.5) is 0 Å². The van der Waals surface area contributed by atoms with E-state index in [1.165, 1.54) is 0 Å². The van der Waals surface area contributed by atoms with Gasteiger partial charge in [0, 0.05) is 6.54 Å². The van der Waals surface area contributed by atoms with Gasteiger partial charge in [-0.05, 0) is 38.3 Å². The third-order valence-electron chi connectivity index (χ3n) is 3.02. The van der Waals surface area contributed by atoms with Crippen molar-refractivity contribution in [2.24, 2.45) is 11.7 Å². The Morgan fingerprint density at radius 2 is 2.00 bits per heavy atom. The second-order valence-electron chi connectivity index (χ2n) is 5.01. The summed E-state index contributed by atoms with van der Waals surface area (Å²) in [5.41, 5.74) is 5.33. The number of nitrogens with two attached hydrogens (primary N) is 1. The van der Waals surface area contributed by atoms with E-state index in [1.807, 2.05) is 6.92 Å². The molecule has 0 rings (SSSR count). The van der Waals surface area contributed by atoms with E-state index in [1.54, 1.807) is 0 Å². The molecule has 3 heteroatoms. The third-order valence-corrected chi connectivity index (χ3v) is 3.02. The van der Waals surface area contributed by atoms with Crippen molar-refractivity contribution >= 4 is 0 Å². The van der Waals surface area contributed by atoms with Crippen molar-refractivity contribution in [1.82, 2.24) is 4.90 Å². The molecule has 0 aliphatic rings. The molecule has 16 heavy (non-hydrogen) atoms. The Hall–Kier alpha value is -0.590. The molecule has 0 aliphatic heterocycles. The number of hydrogen-bond donors (Lipinski definition) is 1. The molecule has 0 amide bonds. The van der Waals surface area contributed by atoms with E-state index >= 15 is 0 Å². The summed E-state index contributed by atoms with van der Waals surface area (Å²) in [5, 5.41) is 8.96. The Morgan fingerprint density at radius 3 is 2.38 bits per heavy atom. The third kappa shape index (κ3) is 6.09. The van der Waals surface area contributed by atoms with Gasteiger partial charge in [-0.25, -0.2) is 0 Å². The Morgan fingerprint density at radius 1 is 1.38 bits per heavy atom. The first-order valence-corrected chi connectivity index (χ1v) is 6.40. The van der Waals surface area contributed by atoms with E-state index in [-0.39, 0.29) is 0 Å². The molecule has 0 saturated heterocycles. The van der Waals surface area contributed by atoms with Gasteiger partial charge < -0.3 is 10.6 Å². The number of nitriles is 1. The number of hydrogen-bond acceptors (Lipinski definition) is 3. The maximum atomic E-state index is 8.96. The van der Waals surface area contributed by atoms with Crippen LogP contribution in [0, 0.1) is 17.2 Å². The first-order chi connectivity index (χ1) is 7.47. The molecule has 3 nitrogen and oxygen atoms in total. The minimum Gasteiger partial charge on any atom is -0.313 e. The highest BCUT2D eigenvalue weighted by atomic mass is 15.1. The van der Waals surface area contributed by atoms with Crippen LogP contribution in [0.2, 0.25) is 0 Å². The second-order valence-corrected chi connectivity index (χ2v) is 5.01. The fourth-order valence-electron chi connectivity index (χ4n) is 1.82. The van der Waals surface area contributed by atoms with Crippen LogP contribution in [-0.2, 0) is 0 Å². The molecular formula is C13H27N3. The molecule has 1 unspecified atom stereocenters. The van der Waals surface area contributed by atoms with E-state index in [4.69, 9.17) is 11.0 Å². The van der Waals surface area contributed by atoms with E-state index < -0.39 is 5.54 Å². The van der Waals surface area contributed by atoms with Crippen LogP contribution in [0.3, 0.4) is 0 Å². The van der Waals surface area contributed by atoms with Crippen molar-refractivity contribution in [2.45, 2.75) is 52.5 Å². The van der Waals surface area contributed by atoms with Crippen LogP contribution in [0.15, 0.2) is 0 Å². The first kappa shape index (κ1) is 15.4. The SMILES string of the molecule is CCN(CCCC(N)(C#N)CC)CC(C)C. The standard InChI is InChI=1S/C13H27N3/c1-5-13(15,11-14)8-7-9-16(6-2)10-12(3)4/h12H,5-10,15H2,1-4H3. The van der Waals surface area contributed by atoms with Gasteiger partial charge in [-0.15, -0.1) is 0 Å². The lowest BCUT2D eigenvalue weighted by atomic mass is 9.93. The van der Waals surface area contributed by atoms with Crippen molar-refractivity contribution in [3.8, 4) is 6.07 Å². The average molecular weight is 225 g/mol. The highest BCUT2D eigenvalue weighted by Gasteiger charge is 2.21. The van der Waals surface area contributed by atoms with Crippen molar-refractivity contribution in [3.05, 3.63) is 0 Å². The Kier molecular flexibility index (Phi) is 7.36. The summed E-state index contributed by atoms with van der Waals surface area (Å²) >= 11 is 0. The van der Waals surface area contributed by atoms with Gasteiger partial charge in [0.05, 0.1) is 6.07 Å². The zero-order valence-electron chi connectivity index (χ0n) is 11.3. The Labute approximate surface area is 101 Å². The van der Waals surface area contributed by atoms with Crippen LogP contribution in [0.25, 0.3) is 0 Å². The van der Waals surface area contributed by atoms with Gasteiger partial charge in [-0.1, -0.05) is 27.7 Å². The summed E-state index contributed by atoms with van der Waals surface area (Å²) < 4.78 is 0. The van der Waals surface area contributed by atoms with Gasteiger partial charge in [-0.2, -0.15) is 5.26 Å². The van der Waals surface area contributed by atoms with Crippen LogP contribution < -0.4 is 5.73 Å². The molecular weight excluding hydrogens is 198 g/mol. The molecule has 0 fully saturated rings. The van der Waals surface area contributed by atoms with Gasteiger partial charge >= 0.3 is 0 Å². The van der Waals surface area contributed by atoms with Crippen LogP contribution in [0.1, 0.15) is 47.0 Å². The molecule has 2 N–H and O–H groups in total. The normalized spacial score (nSPS) is 15.1. The predicted molar refractivity (Wildman–Crippen MR) is 69.0 cm³/mol. The summed E-state index contributed by atoms with van der Waals surface area (Å²) in [5.74, 6) is 0.699. The smallest absolute Gasteiger partial charge is 0.104 e. The Bertz CT molecular complexity index is 220. The minimum absolute atomic E-state index is 0.614. The topological polar surface area (TPSA) is 53.0 Å². The summed E-state index contributed by atoms with van der Waals surface area (Å²) in [7, 11) is 0. The summed E-state index contributed by atoms with van der Waals surface area (Å²) in [6.45, 7) is 11.9. The quantitative estimate of drug-likeness (QED) is 0.690. The van der Waals surface area contributed by atoms with Gasteiger partial charge in [-0.3, -0.25) is 0 Å². The van der Waals surface area contributed by atoms with Gasteiger partial charge in [0.2, 0.25) is 0 Å². The van der Waals surface area contributed by atoms with E-state index in [9.17, 15) is 0 Å². The molecule has 0 aromatic heterocycles. The maximum absolute atomic E-state index is 8.96. The fourth-order valence-corrected chi connectivity index (χ4v) is 1.82. The largest absolute Gasteiger partial charge is 0.313 e. The van der Waals surface area contributed by atoms with Crippen LogP contribution >= 0.6 is 0 Å². The molecule has 0 spiro atoms. The number of rotatable bonds is 8. The predicted octanol–water partition coefficient (Wildman–Crippen LogP) is 2.38. The molecule has 0 radical (unpaired) electrons. The zero-order chi connectivity index (χ0) is 12.6. The summed E-state index contributed by atoms with van der Waals surface area (Å²) in [6.07, 6.45) is 2.55. The van der Waals surface area contributed by atoms with Gasteiger partial charge in [0.1, 0.15) is 5.54 Å². The summed E-state index contributed by atoms with van der Waals surface area (Å²) in [6, 6.07) is 2.22. The molecule has 0 heterocycles. The highest BCUT2D eigenvalue weighted by molar-refractivity contribution is 5.03. The summed E-state index contributed by atoms with van der Waals surface area (Å²) in [4.78, 5) is 2.43. The van der Waals surface area contributed by atoms with Crippen molar-refractivity contribution in [3.63, 3.8) is 0 Å². The average Bonchev–Trinajstić information content (AvgIpc) is 2.26. The molecule has 94 valence electrons. The molecule has 0 saturated carbocycles. The Balaban J connectivity index is 3.91. The van der Waals surface area contributed by atoms with Crippen molar-refractivity contribution < 1.29 is 0 Å². The number of nitrogens with zero attached hydrogens (tertiary/aromatic N) is 2. The molecule has 1 atom stereocenters. The van der Waals surface area contributed by atoms with Crippen LogP contribution in [0.5, 0.6) is 0 Å². The lowest BCUT2D eigenvalue weighted by molar-refractivity contribution is 0.245. The minimum atomic E-state index is -0.614. The second kappa shape index (κ2) is 7.65. The van der Waals surface area contributed by atoms with Crippen molar-refractivity contribution in [1.29, 1.82) is 5.26 Å². The van der Waals surface area contributed by atoms with E-state index in [0.717, 1.165) is 38.9 Å². The van der Waals surface area contributed by atoms with Gasteiger partial charge in [0.25, 0.3) is 0 Å². The molecule has 0 aromatic rings. The van der Waals surface area contributed by atoms with Gasteiger partial charge in [0.15, 0.2) is 0 Å².